The molecular weight excluding hydrogens is 382 g/mol. The van der Waals surface area contributed by atoms with E-state index in [-0.39, 0.29) is 11.6 Å². The Hall–Kier alpha value is -1.30. The number of hydrogen-bond acceptors (Lipinski definition) is 4. The molecule has 2 aliphatic carbocycles. The summed E-state index contributed by atoms with van der Waals surface area (Å²) >= 11 is 3.46. The molecule has 2 saturated carbocycles. The van der Waals surface area contributed by atoms with Crippen molar-refractivity contribution < 1.29 is 9.53 Å². The molecule has 1 amide bonds. The largest absolute Gasteiger partial charge is 0.444 e. The zero-order valence-electron chi connectivity index (χ0n) is 15.1. The first-order valence-corrected chi connectivity index (χ1v) is 9.93. The molecule has 2 atom stereocenters. The van der Waals surface area contributed by atoms with E-state index in [1.54, 1.807) is 0 Å². The van der Waals surface area contributed by atoms with Crippen LogP contribution in [-0.2, 0) is 4.74 Å². The Labute approximate surface area is 157 Å². The van der Waals surface area contributed by atoms with Gasteiger partial charge in [0.1, 0.15) is 11.4 Å². The molecule has 2 aliphatic heterocycles. The van der Waals surface area contributed by atoms with Crippen molar-refractivity contribution in [1.82, 2.24) is 10.3 Å². The maximum atomic E-state index is 12.4. The van der Waals surface area contributed by atoms with Gasteiger partial charge in [-0.1, -0.05) is 0 Å². The summed E-state index contributed by atoms with van der Waals surface area (Å²) in [5, 5.41) is 3.25. The Kier molecular flexibility index (Phi) is 4.02. The molecule has 1 aromatic heterocycles. The molecule has 3 heterocycles. The average molecular weight is 408 g/mol. The normalized spacial score (nSPS) is 33.4. The molecule has 4 bridgehead atoms. The van der Waals surface area contributed by atoms with Crippen LogP contribution in [0, 0.1) is 5.92 Å². The third kappa shape index (κ3) is 3.37. The second kappa shape index (κ2) is 5.86. The number of carbonyl (C=O) groups is 1. The van der Waals surface area contributed by atoms with Crippen LogP contribution in [0.1, 0.15) is 52.9 Å². The number of halogens is 1. The summed E-state index contributed by atoms with van der Waals surface area (Å²) in [6.45, 7) is 5.73. The minimum absolute atomic E-state index is 0.106. The lowest BCUT2D eigenvalue weighted by atomic mass is 9.59. The highest BCUT2D eigenvalue weighted by Crippen LogP contribution is 2.52. The predicted octanol–water partition coefficient (Wildman–Crippen LogP) is 4.26. The first kappa shape index (κ1) is 17.1. The van der Waals surface area contributed by atoms with Crippen LogP contribution in [0.5, 0.6) is 0 Å². The van der Waals surface area contributed by atoms with E-state index < -0.39 is 5.60 Å². The summed E-state index contributed by atoms with van der Waals surface area (Å²) < 4.78 is 6.52. The number of anilines is 1. The lowest BCUT2D eigenvalue weighted by molar-refractivity contribution is 0.0124. The maximum absolute atomic E-state index is 12.4. The van der Waals surface area contributed by atoms with Gasteiger partial charge in [-0.2, -0.15) is 0 Å². The highest BCUT2D eigenvalue weighted by atomic mass is 79.9. The molecule has 0 aromatic carbocycles. The fraction of sp³-hybridized carbons (Fsp3) is 0.684. The van der Waals surface area contributed by atoms with E-state index in [2.05, 4.69) is 43.3 Å². The number of rotatable bonds is 2. The van der Waals surface area contributed by atoms with Crippen LogP contribution in [0.4, 0.5) is 10.6 Å². The van der Waals surface area contributed by atoms with Crippen molar-refractivity contribution in [3.63, 3.8) is 0 Å². The third-order valence-corrected chi connectivity index (χ3v) is 6.14. The van der Waals surface area contributed by atoms with Gasteiger partial charge in [0.15, 0.2) is 0 Å². The monoisotopic (exact) mass is 407 g/mol. The van der Waals surface area contributed by atoms with E-state index >= 15 is 0 Å². The van der Waals surface area contributed by atoms with Crippen LogP contribution in [0.3, 0.4) is 0 Å². The number of alkyl carbamates (subject to hydrolysis) is 1. The van der Waals surface area contributed by atoms with E-state index in [0.29, 0.717) is 18.0 Å². The Morgan fingerprint density at radius 2 is 1.96 bits per heavy atom. The number of carbonyl (C=O) groups excluding carboxylic acids is 1. The fourth-order valence-corrected chi connectivity index (χ4v) is 5.43. The van der Waals surface area contributed by atoms with Gasteiger partial charge in [-0.3, -0.25) is 0 Å². The number of ether oxygens (including phenoxy) is 1. The van der Waals surface area contributed by atoms with Gasteiger partial charge in [0.2, 0.25) is 0 Å². The molecule has 136 valence electrons. The minimum Gasteiger partial charge on any atom is -0.444 e. The van der Waals surface area contributed by atoms with Crippen LogP contribution < -0.4 is 10.2 Å². The van der Waals surface area contributed by atoms with Crippen LogP contribution in [-0.4, -0.2) is 34.3 Å². The molecule has 5 nitrogen and oxygen atoms in total. The van der Waals surface area contributed by atoms with Crippen molar-refractivity contribution in [2.24, 2.45) is 5.92 Å². The quantitative estimate of drug-likeness (QED) is 0.795. The average Bonchev–Trinajstić information content (AvgIpc) is 2.45. The molecule has 5 rings (SSSR count). The molecule has 1 aromatic rings. The predicted molar refractivity (Wildman–Crippen MR) is 101 cm³/mol. The van der Waals surface area contributed by atoms with Gasteiger partial charge in [0, 0.05) is 28.3 Å². The Morgan fingerprint density at radius 1 is 1.28 bits per heavy atom. The van der Waals surface area contributed by atoms with Gasteiger partial charge in [-0.25, -0.2) is 9.78 Å². The number of piperidine rings is 2. The fourth-order valence-electron chi connectivity index (χ4n) is 5.19. The van der Waals surface area contributed by atoms with Gasteiger partial charge >= 0.3 is 6.09 Å². The summed E-state index contributed by atoms with van der Waals surface area (Å²) in [5.74, 6) is 1.75. The van der Waals surface area contributed by atoms with Gasteiger partial charge in [-0.05, 0) is 86.9 Å². The molecule has 1 N–H and O–H groups in total. The van der Waals surface area contributed by atoms with E-state index in [1.807, 2.05) is 27.0 Å². The summed E-state index contributed by atoms with van der Waals surface area (Å²) in [6, 6.07) is 5.06. The van der Waals surface area contributed by atoms with E-state index in [4.69, 9.17) is 4.74 Å². The molecule has 4 fully saturated rings. The zero-order valence-corrected chi connectivity index (χ0v) is 16.7. The van der Waals surface area contributed by atoms with Crippen LogP contribution in [0.15, 0.2) is 22.8 Å². The van der Waals surface area contributed by atoms with E-state index in [0.717, 1.165) is 29.6 Å². The van der Waals surface area contributed by atoms with Crippen molar-refractivity contribution in [1.29, 1.82) is 0 Å². The minimum atomic E-state index is -0.459. The van der Waals surface area contributed by atoms with Crippen molar-refractivity contribution in [2.45, 2.75) is 76.1 Å². The second-order valence-corrected chi connectivity index (χ2v) is 9.82. The number of pyridine rings is 1. The Morgan fingerprint density at radius 3 is 2.52 bits per heavy atom. The summed E-state index contributed by atoms with van der Waals surface area (Å²) in [6.07, 6.45) is 7.05. The Bertz CT molecular complexity index is 654. The van der Waals surface area contributed by atoms with Crippen molar-refractivity contribution in [3.8, 4) is 0 Å². The van der Waals surface area contributed by atoms with E-state index in [1.165, 1.54) is 12.8 Å². The highest BCUT2D eigenvalue weighted by molar-refractivity contribution is 9.10. The molecule has 2 saturated heterocycles. The highest BCUT2D eigenvalue weighted by Gasteiger charge is 2.55. The van der Waals surface area contributed by atoms with Crippen LogP contribution >= 0.6 is 15.9 Å². The van der Waals surface area contributed by atoms with Gasteiger partial charge in [-0.15, -0.1) is 0 Å². The van der Waals surface area contributed by atoms with Gasteiger partial charge in [0.25, 0.3) is 0 Å². The van der Waals surface area contributed by atoms with Crippen LogP contribution in [0.2, 0.25) is 0 Å². The van der Waals surface area contributed by atoms with E-state index in [9.17, 15) is 4.79 Å². The van der Waals surface area contributed by atoms with Gasteiger partial charge in [0.05, 0.1) is 0 Å². The molecular formula is C19H26BrN3O2. The standard InChI is InChI=1S/C19H26BrN3O2/c1-18(2,3)25-17(24)22-19-8-12-6-14(9-19)23(15(7-12)10-19)16-5-4-13(20)11-21-16/h4-5,11-12,14-15H,6-10H2,1-3H3,(H,22,24)/t12?,14-,15-,19?/m0/s1. The van der Waals surface area contributed by atoms with Gasteiger partial charge < -0.3 is 15.0 Å². The molecule has 6 heteroatoms. The summed E-state index contributed by atoms with van der Waals surface area (Å²) in [5.41, 5.74) is -0.565. The topological polar surface area (TPSA) is 54.5 Å². The lowest BCUT2D eigenvalue weighted by Crippen LogP contribution is -2.69. The van der Waals surface area contributed by atoms with Crippen molar-refractivity contribution in [3.05, 3.63) is 22.8 Å². The molecule has 25 heavy (non-hydrogen) atoms. The third-order valence-electron chi connectivity index (χ3n) is 5.67. The number of nitrogens with one attached hydrogen (secondary N) is 1. The Balaban J connectivity index is 1.52. The molecule has 0 unspecified atom stereocenters. The first-order valence-electron chi connectivity index (χ1n) is 9.14. The molecule has 0 radical (unpaired) electrons. The molecule has 0 spiro atoms. The van der Waals surface area contributed by atoms with Crippen LogP contribution in [0.25, 0.3) is 0 Å². The number of nitrogens with zero attached hydrogens (tertiary/aromatic N) is 2. The number of hydrogen-bond donors (Lipinski definition) is 1. The maximum Gasteiger partial charge on any atom is 0.408 e. The first-order chi connectivity index (χ1) is 11.7. The lowest BCUT2D eigenvalue weighted by Gasteiger charge is -2.61. The van der Waals surface area contributed by atoms with Crippen molar-refractivity contribution in [2.75, 3.05) is 4.90 Å². The summed E-state index contributed by atoms with van der Waals surface area (Å²) in [4.78, 5) is 19.5. The smallest absolute Gasteiger partial charge is 0.408 e. The number of amides is 1. The number of aromatic nitrogens is 1. The summed E-state index contributed by atoms with van der Waals surface area (Å²) in [7, 11) is 0. The van der Waals surface area contributed by atoms with Crippen molar-refractivity contribution >= 4 is 27.8 Å². The molecule has 4 aliphatic rings. The zero-order chi connectivity index (χ0) is 17.8. The SMILES string of the molecule is CC(C)(C)OC(=O)NC12CC3C[C@@H](C1)N(c1ccc(Br)cn1)[C@@H](C3)C2. The second-order valence-electron chi connectivity index (χ2n) is 8.91.